The Labute approximate surface area is 136 Å². The first kappa shape index (κ1) is 15.3. The van der Waals surface area contributed by atoms with Crippen LogP contribution in [0, 0.1) is 0 Å². The molecule has 2 aromatic carbocycles. The number of nitrogens with zero attached hydrogens (tertiary/aromatic N) is 2. The molecule has 0 atom stereocenters. The lowest BCUT2D eigenvalue weighted by atomic mass is 10.1. The number of aromatic nitrogens is 2. The third-order valence-corrected chi connectivity index (χ3v) is 3.69. The second-order valence-electron chi connectivity index (χ2n) is 4.95. The van der Waals surface area contributed by atoms with E-state index in [1.807, 2.05) is 6.07 Å². The Hall–Kier alpha value is -2.57. The van der Waals surface area contributed by atoms with E-state index in [-0.39, 0.29) is 17.9 Å². The molecule has 0 saturated heterocycles. The molecule has 1 aromatic heterocycles. The lowest BCUT2D eigenvalue weighted by Crippen LogP contribution is -2.12. The molecule has 0 aliphatic heterocycles. The van der Waals surface area contributed by atoms with Gasteiger partial charge in [0.1, 0.15) is 5.75 Å². The molecule has 0 aliphatic carbocycles. The van der Waals surface area contributed by atoms with Crippen molar-refractivity contribution in [3.8, 4) is 5.75 Å². The van der Waals surface area contributed by atoms with Crippen LogP contribution in [-0.2, 0) is 6.54 Å². The topological polar surface area (TPSA) is 87.4 Å². The highest BCUT2D eigenvalue weighted by atomic mass is 35.5. The van der Waals surface area contributed by atoms with Gasteiger partial charge < -0.3 is 15.5 Å². The molecule has 0 unspecified atom stereocenters. The second-order valence-corrected chi connectivity index (χ2v) is 5.38. The number of fused-ring (bicyclic) bond motifs is 1. The Kier molecular flexibility index (Phi) is 4.18. The van der Waals surface area contributed by atoms with Crippen LogP contribution in [0.4, 0.5) is 5.69 Å². The zero-order valence-electron chi connectivity index (χ0n) is 12.0. The van der Waals surface area contributed by atoms with E-state index in [2.05, 4.69) is 10.4 Å². The Morgan fingerprint density at radius 1 is 1.30 bits per heavy atom. The van der Waals surface area contributed by atoms with Gasteiger partial charge in [-0.1, -0.05) is 17.7 Å². The zero-order chi connectivity index (χ0) is 16.4. The van der Waals surface area contributed by atoms with Gasteiger partial charge in [0, 0.05) is 10.4 Å². The maximum atomic E-state index is 12.4. The van der Waals surface area contributed by atoms with Gasteiger partial charge in [-0.25, -0.2) is 0 Å². The van der Waals surface area contributed by atoms with Crippen molar-refractivity contribution in [1.29, 1.82) is 0 Å². The van der Waals surface area contributed by atoms with Crippen molar-refractivity contribution in [1.82, 2.24) is 9.78 Å². The van der Waals surface area contributed by atoms with Gasteiger partial charge in [-0.15, -0.1) is 0 Å². The number of hydrogen-bond donors (Lipinski definition) is 3. The highest BCUT2D eigenvalue weighted by Gasteiger charge is 2.14. The monoisotopic (exact) mass is 331 g/mol. The van der Waals surface area contributed by atoms with Crippen LogP contribution >= 0.6 is 11.6 Å². The molecule has 118 valence electrons. The first-order valence-corrected chi connectivity index (χ1v) is 7.33. The van der Waals surface area contributed by atoms with Crippen LogP contribution in [0.25, 0.3) is 10.9 Å². The molecule has 0 bridgehead atoms. The van der Waals surface area contributed by atoms with Crippen LogP contribution in [0.5, 0.6) is 5.75 Å². The van der Waals surface area contributed by atoms with E-state index in [4.69, 9.17) is 16.7 Å². The molecule has 3 rings (SSSR count). The van der Waals surface area contributed by atoms with Crippen LogP contribution in [-0.4, -0.2) is 32.5 Å². The smallest absolute Gasteiger partial charge is 0.259 e. The summed E-state index contributed by atoms with van der Waals surface area (Å²) in [5.74, 6) is -0.609. The van der Waals surface area contributed by atoms with E-state index in [9.17, 15) is 9.90 Å². The average Bonchev–Trinajstić information content (AvgIpc) is 2.94. The van der Waals surface area contributed by atoms with Gasteiger partial charge in [0.15, 0.2) is 0 Å². The van der Waals surface area contributed by atoms with Gasteiger partial charge in [-0.2, -0.15) is 5.10 Å². The molecule has 0 fully saturated rings. The van der Waals surface area contributed by atoms with Crippen molar-refractivity contribution in [2.45, 2.75) is 6.54 Å². The number of hydrogen-bond acceptors (Lipinski definition) is 4. The average molecular weight is 332 g/mol. The molecule has 0 aliphatic rings. The summed E-state index contributed by atoms with van der Waals surface area (Å²) in [5.41, 5.74) is 1.46. The summed E-state index contributed by atoms with van der Waals surface area (Å²) in [7, 11) is 0. The van der Waals surface area contributed by atoms with Gasteiger partial charge in [0.2, 0.25) is 0 Å². The first-order chi connectivity index (χ1) is 11.1. The summed E-state index contributed by atoms with van der Waals surface area (Å²) in [6, 6.07) is 9.66. The lowest BCUT2D eigenvalue weighted by Gasteiger charge is -2.09. The van der Waals surface area contributed by atoms with E-state index in [1.165, 1.54) is 18.2 Å². The van der Waals surface area contributed by atoms with Crippen molar-refractivity contribution in [2.75, 3.05) is 11.9 Å². The van der Waals surface area contributed by atoms with Crippen LogP contribution in [0.1, 0.15) is 10.4 Å². The quantitative estimate of drug-likeness (QED) is 0.686. The van der Waals surface area contributed by atoms with Gasteiger partial charge in [0.05, 0.1) is 36.1 Å². The number of aromatic hydroxyl groups is 1. The molecule has 0 saturated carbocycles. The largest absolute Gasteiger partial charge is 0.507 e. The Morgan fingerprint density at radius 2 is 2.13 bits per heavy atom. The maximum absolute atomic E-state index is 12.4. The Morgan fingerprint density at radius 3 is 2.91 bits per heavy atom. The van der Waals surface area contributed by atoms with Gasteiger partial charge in [0.25, 0.3) is 5.91 Å². The summed E-state index contributed by atoms with van der Waals surface area (Å²) in [5, 5.41) is 26.9. The molecule has 1 amide bonds. The number of rotatable bonds is 4. The fourth-order valence-corrected chi connectivity index (χ4v) is 2.54. The molecule has 3 N–H and O–H groups in total. The number of anilines is 1. The minimum Gasteiger partial charge on any atom is -0.507 e. The molecular weight excluding hydrogens is 318 g/mol. The van der Waals surface area contributed by atoms with Crippen molar-refractivity contribution >= 4 is 34.1 Å². The van der Waals surface area contributed by atoms with Crippen LogP contribution in [0.3, 0.4) is 0 Å². The number of amides is 1. The number of carbonyl (C=O) groups is 1. The maximum Gasteiger partial charge on any atom is 0.259 e. The fourth-order valence-electron chi connectivity index (χ4n) is 2.37. The molecule has 0 radical (unpaired) electrons. The first-order valence-electron chi connectivity index (χ1n) is 6.95. The number of phenolic OH excluding ortho intramolecular Hbond substituents is 1. The van der Waals surface area contributed by atoms with E-state index < -0.39 is 5.91 Å². The minimum atomic E-state index is -0.465. The number of phenols is 1. The Bertz CT molecular complexity index is 876. The van der Waals surface area contributed by atoms with Crippen LogP contribution in [0.2, 0.25) is 5.02 Å². The van der Waals surface area contributed by atoms with Crippen LogP contribution < -0.4 is 5.32 Å². The summed E-state index contributed by atoms with van der Waals surface area (Å²) in [6.07, 6.45) is 1.62. The van der Waals surface area contributed by atoms with Gasteiger partial charge in [-0.05, 0) is 30.3 Å². The minimum absolute atomic E-state index is 0.0241. The van der Waals surface area contributed by atoms with Gasteiger partial charge >= 0.3 is 0 Å². The fraction of sp³-hybridized carbons (Fsp3) is 0.125. The summed E-state index contributed by atoms with van der Waals surface area (Å²) < 4.78 is 1.65. The SMILES string of the molecule is O=C(Nc1cccc2c1cnn2CCO)c1cc(Cl)ccc1O. The van der Waals surface area contributed by atoms with Crippen LogP contribution in [0.15, 0.2) is 42.6 Å². The van der Waals surface area contributed by atoms with Crippen molar-refractivity contribution in [2.24, 2.45) is 0 Å². The summed E-state index contributed by atoms with van der Waals surface area (Å²) in [4.78, 5) is 12.4. The number of halogens is 1. The molecular formula is C16H14ClN3O3. The molecule has 0 spiro atoms. The molecule has 1 heterocycles. The standard InChI is InChI=1S/C16H14ClN3O3/c17-10-4-5-15(22)11(8-10)16(23)19-13-2-1-3-14-12(13)9-18-20(14)6-7-21/h1-5,8-9,21-22H,6-7H2,(H,19,23). The molecule has 6 nitrogen and oxygen atoms in total. The van der Waals surface area contributed by atoms with Crippen molar-refractivity contribution in [3.05, 3.63) is 53.2 Å². The highest BCUT2D eigenvalue weighted by Crippen LogP contribution is 2.26. The predicted molar refractivity (Wildman–Crippen MR) is 87.9 cm³/mol. The molecule has 7 heteroatoms. The normalized spacial score (nSPS) is 10.9. The summed E-state index contributed by atoms with van der Waals surface area (Å²) in [6.45, 7) is 0.347. The van der Waals surface area contributed by atoms with E-state index in [0.29, 0.717) is 17.3 Å². The van der Waals surface area contributed by atoms with Crippen molar-refractivity contribution < 1.29 is 15.0 Å². The lowest BCUT2D eigenvalue weighted by molar-refractivity contribution is 0.102. The third kappa shape index (κ3) is 2.99. The molecule has 3 aromatic rings. The van der Waals surface area contributed by atoms with E-state index in [0.717, 1.165) is 10.9 Å². The number of carbonyl (C=O) groups excluding carboxylic acids is 1. The Balaban J connectivity index is 1.95. The van der Waals surface area contributed by atoms with E-state index >= 15 is 0 Å². The predicted octanol–water partition coefficient (Wildman–Crippen LogP) is 2.64. The number of aliphatic hydroxyl groups is 1. The van der Waals surface area contributed by atoms with Crippen molar-refractivity contribution in [3.63, 3.8) is 0 Å². The zero-order valence-corrected chi connectivity index (χ0v) is 12.8. The number of aliphatic hydroxyl groups excluding tert-OH is 1. The summed E-state index contributed by atoms with van der Waals surface area (Å²) >= 11 is 5.87. The van der Waals surface area contributed by atoms with Gasteiger partial charge in [-0.3, -0.25) is 9.48 Å². The molecule has 23 heavy (non-hydrogen) atoms. The second kappa shape index (κ2) is 6.28. The van der Waals surface area contributed by atoms with E-state index in [1.54, 1.807) is 23.0 Å². The highest BCUT2D eigenvalue weighted by molar-refractivity contribution is 6.31. The third-order valence-electron chi connectivity index (χ3n) is 3.45. The number of benzene rings is 2. The number of nitrogens with one attached hydrogen (secondary N) is 1.